The van der Waals surface area contributed by atoms with Crippen molar-refractivity contribution >= 4 is 65.8 Å². The molecule has 28 heteroatoms. The van der Waals surface area contributed by atoms with Crippen LogP contribution in [0.1, 0.15) is 236 Å². The summed E-state index contributed by atoms with van der Waals surface area (Å²) in [4.78, 5) is 51.8. The monoisotopic (exact) mass is 1740 g/mol. The lowest BCUT2D eigenvalue weighted by Gasteiger charge is -2.44. The molecule has 122 heavy (non-hydrogen) atoms. The molecule has 634 valence electrons. The number of piperidine rings is 2. The molecule has 0 atom stereocenters. The molecule has 4 saturated carbocycles. The van der Waals surface area contributed by atoms with Gasteiger partial charge < -0.3 is 19.2 Å². The highest BCUT2D eigenvalue weighted by Gasteiger charge is 2.52. The highest BCUT2D eigenvalue weighted by Crippen LogP contribution is 2.53. The first-order valence-corrected chi connectivity index (χ1v) is 47.4. The van der Waals surface area contributed by atoms with Crippen molar-refractivity contribution in [3.05, 3.63) is 214 Å². The summed E-state index contributed by atoms with van der Waals surface area (Å²) >= 11 is 3.78. The lowest BCUT2D eigenvalue weighted by Crippen LogP contribution is -2.45. The topological polar surface area (TPSA) is 297 Å². The molecule has 2 aromatic carbocycles. The van der Waals surface area contributed by atoms with E-state index < -0.39 is 44.0 Å². The second-order valence-corrected chi connectivity index (χ2v) is 39.8. The number of aryl methyl sites for hydroxylation is 4. The third kappa shape index (κ3) is 18.1. The van der Waals surface area contributed by atoms with Crippen LogP contribution in [0.3, 0.4) is 0 Å². The molecular formula is C94H106BBrN14O10S2. The zero-order valence-corrected chi connectivity index (χ0v) is 74.4. The van der Waals surface area contributed by atoms with Gasteiger partial charge in [0.25, 0.3) is 0 Å². The van der Waals surface area contributed by atoms with Crippen molar-refractivity contribution in [1.29, 1.82) is 0 Å². The highest BCUT2D eigenvalue weighted by atomic mass is 79.9. The number of nitrogens with zero attached hydrogens (tertiary/aromatic N) is 14. The lowest BCUT2D eigenvalue weighted by atomic mass is 9.77. The summed E-state index contributed by atoms with van der Waals surface area (Å²) in [5.41, 5.74) is 19.9. The number of pyridine rings is 6. The van der Waals surface area contributed by atoms with Gasteiger partial charge in [0.05, 0.1) is 114 Å². The van der Waals surface area contributed by atoms with Gasteiger partial charge in [-0.3, -0.25) is 53.8 Å². The molecule has 0 spiro atoms. The molecule has 7 fully saturated rings. The van der Waals surface area contributed by atoms with Crippen molar-refractivity contribution in [3.8, 4) is 67.8 Å². The fraction of sp³-hybridized carbons (Fsp3) is 0.426. The zero-order valence-electron chi connectivity index (χ0n) is 71.2. The van der Waals surface area contributed by atoms with Crippen molar-refractivity contribution in [2.24, 2.45) is 11.0 Å². The van der Waals surface area contributed by atoms with Crippen LogP contribution < -0.4 is 5.46 Å². The minimum atomic E-state index is -3.24. The van der Waals surface area contributed by atoms with Gasteiger partial charge in [0.15, 0.2) is 19.7 Å². The van der Waals surface area contributed by atoms with Crippen LogP contribution in [0.2, 0.25) is 0 Å². The standard InChI is InChI=1S/C27H26N4O2S.C18H22BNO4S.C18H25N3O2.C16H17N3O2.C15H16BrN3/c1-17-4-3-5-23(29-17)26-25(27-19-6-10-21(11-7-19)31(27)30-26)20-14-15-28-24(16-20)18-8-12-22(13-9-18)34(2,32)33;1-17(2)18(3,4)24-19(23-17)14-10-11-20-16(12-14)13-6-8-15(9-7-13)25(5,21)22;1-3-23-18(22)11-17(16-6-4-5-13(2)19-16)20-21-12-14-7-9-15(21)10-8-14;1-9-3-2-4-12(17-9)14-13(16(20)21)15-10-5-7-11(8-6-10)19(15)18-14;1-9-3-2-4-12(17-9)14-13(16)15-10-5-7-11(8-6-10)19(15)18-14/h3-5,8-9,12-16,19,21H,6-7,10-11H2,1-2H3;6-12H,1-5H3;4-6,14-15H,3,7-12H2,1-2H3;2-4,10-11H,5-8H2,1H3,(H,20,21);2-4,10-11H,5-8H2,1H3/b;;20-17-;;. The first-order valence-electron chi connectivity index (χ1n) is 42.8. The summed E-state index contributed by atoms with van der Waals surface area (Å²) in [7, 11) is -6.90. The molecule has 8 bridgehead atoms. The molecule has 4 aliphatic carbocycles. The predicted molar refractivity (Wildman–Crippen MR) is 475 cm³/mol. The van der Waals surface area contributed by atoms with E-state index in [2.05, 4.69) is 72.5 Å². The predicted octanol–water partition coefficient (Wildman–Crippen LogP) is 18.4. The van der Waals surface area contributed by atoms with Crippen molar-refractivity contribution in [3.63, 3.8) is 0 Å². The average Bonchev–Trinajstić information content (AvgIpc) is 1.58. The maximum atomic E-state index is 12.0. The maximum Gasteiger partial charge on any atom is 0.494 e. The van der Waals surface area contributed by atoms with Gasteiger partial charge in [0.2, 0.25) is 0 Å². The van der Waals surface area contributed by atoms with Gasteiger partial charge in [-0.05, 0) is 295 Å². The quantitative estimate of drug-likeness (QED) is 0.0566. The Kier molecular flexibility index (Phi) is 24.6. The third-order valence-corrected chi connectivity index (χ3v) is 29.0. The van der Waals surface area contributed by atoms with Gasteiger partial charge >= 0.3 is 19.1 Å². The molecule has 0 amide bonds. The molecule has 18 heterocycles. The SMILES string of the molecule is CC1(C)OB(c2ccnc(-c3ccc(S(C)(=O)=O)cc3)c2)OC1(C)C.CCOC(=O)C/C(=N/N1CC2CCC1CC2)c1cccc(C)n1.Cc1cccc(-c2nn3c(c2-c2ccnc(-c4ccc(S(C)(=O)=O)cc4)c2)C2CCC3CC2)n1.Cc1cccc(-c2nn3c(c2Br)C2CCC3CC2)n1.Cc1cccc(-c2nn3c(c2C(=O)O)C2CCC3CC2)n1. The van der Waals surface area contributed by atoms with Gasteiger partial charge in [-0.15, -0.1) is 0 Å². The van der Waals surface area contributed by atoms with Crippen LogP contribution >= 0.6 is 15.9 Å². The normalized spacial score (nSPS) is 21.6. The molecule has 24 nitrogen and oxygen atoms in total. The molecule has 0 unspecified atom stereocenters. The average molecular weight is 1750 g/mol. The van der Waals surface area contributed by atoms with Crippen LogP contribution in [0.15, 0.2) is 177 Å². The molecule has 24 rings (SSSR count). The van der Waals surface area contributed by atoms with Crippen molar-refractivity contribution in [2.75, 3.05) is 25.7 Å². The number of carboxylic acids is 1. The van der Waals surface area contributed by atoms with E-state index >= 15 is 0 Å². The number of sulfone groups is 2. The fourth-order valence-corrected chi connectivity index (χ4v) is 20.9. The largest absolute Gasteiger partial charge is 0.494 e. The van der Waals surface area contributed by atoms with Gasteiger partial charge in [0.1, 0.15) is 22.6 Å². The number of carboxylic acid groups (broad SMARTS) is 1. The van der Waals surface area contributed by atoms with Crippen molar-refractivity contribution in [1.82, 2.24) is 64.3 Å². The number of hydrazone groups is 1. The van der Waals surface area contributed by atoms with E-state index in [1.165, 1.54) is 105 Å². The number of aromatic carboxylic acids is 1. The first-order chi connectivity index (χ1) is 58.4. The third-order valence-electron chi connectivity index (χ3n) is 25.9. The van der Waals surface area contributed by atoms with E-state index in [4.69, 9.17) is 34.3 Å². The number of carbonyl (C=O) groups excluding carboxylic acids is 1. The molecule has 3 saturated heterocycles. The number of fused-ring (bicyclic) bond motifs is 9. The number of hydrogen-bond acceptors (Lipinski definition) is 20. The van der Waals surface area contributed by atoms with Crippen molar-refractivity contribution < 1.29 is 45.6 Å². The van der Waals surface area contributed by atoms with E-state index in [0.717, 1.165) is 140 Å². The number of hydrogen-bond donors (Lipinski definition) is 1. The first kappa shape index (κ1) is 85.3. The van der Waals surface area contributed by atoms with E-state index in [9.17, 15) is 31.5 Å². The Morgan fingerprint density at radius 3 is 1.42 bits per heavy atom. The Hall–Kier alpha value is -10.3. The van der Waals surface area contributed by atoms with Gasteiger partial charge in [0, 0.05) is 94.7 Å². The summed E-state index contributed by atoms with van der Waals surface area (Å²) in [5, 5.41) is 31.3. The molecule has 1 N–H and O–H groups in total. The van der Waals surface area contributed by atoms with Crippen LogP contribution in [0.4, 0.5) is 0 Å². The van der Waals surface area contributed by atoms with Crippen LogP contribution in [-0.2, 0) is 38.5 Å². The Morgan fingerprint density at radius 2 is 0.943 bits per heavy atom. The van der Waals surface area contributed by atoms with Crippen LogP contribution in [0, 0.1) is 33.6 Å². The van der Waals surface area contributed by atoms with Gasteiger partial charge in [-0.25, -0.2) is 21.6 Å². The van der Waals surface area contributed by atoms with E-state index in [1.54, 1.807) is 42.6 Å². The molecule has 13 aliphatic rings. The number of halogens is 1. The number of aromatic nitrogens is 12. The molecule has 9 aliphatic heterocycles. The number of rotatable bonds is 15. The number of benzene rings is 2. The van der Waals surface area contributed by atoms with Crippen LogP contribution in [0.25, 0.3) is 67.8 Å². The summed E-state index contributed by atoms with van der Waals surface area (Å²) in [5.74, 6) is 1.16. The van der Waals surface area contributed by atoms with Crippen LogP contribution in [0.5, 0.6) is 0 Å². The minimum absolute atomic E-state index is 0.179. The molecule has 0 radical (unpaired) electrons. The van der Waals surface area contributed by atoms with Crippen LogP contribution in [-0.4, -0.2) is 154 Å². The molecule has 11 aromatic rings. The van der Waals surface area contributed by atoms with Gasteiger partial charge in [-0.2, -0.15) is 20.4 Å². The van der Waals surface area contributed by atoms with Gasteiger partial charge in [-0.1, -0.05) is 48.5 Å². The second kappa shape index (κ2) is 35.2. The number of carbonyl (C=O) groups is 2. The summed E-state index contributed by atoms with van der Waals surface area (Å²) in [6, 6.07) is 47.2. The zero-order chi connectivity index (χ0) is 85.7. The lowest BCUT2D eigenvalue weighted by molar-refractivity contribution is -0.141. The Balaban J connectivity index is 0.000000115. The summed E-state index contributed by atoms with van der Waals surface area (Å²) in [6.45, 7) is 19.2. The summed E-state index contributed by atoms with van der Waals surface area (Å²) in [6.07, 6.45) is 25.5. The van der Waals surface area contributed by atoms with Crippen molar-refractivity contribution in [2.45, 2.75) is 234 Å². The molecule has 9 aromatic heterocycles. The maximum absolute atomic E-state index is 12.0. The Labute approximate surface area is 723 Å². The Bertz CT molecular complexity index is 5980. The summed E-state index contributed by atoms with van der Waals surface area (Å²) < 4.78 is 71.8. The highest BCUT2D eigenvalue weighted by molar-refractivity contribution is 9.10. The van der Waals surface area contributed by atoms with E-state index in [-0.39, 0.29) is 12.4 Å². The van der Waals surface area contributed by atoms with E-state index in [0.29, 0.717) is 75.3 Å². The Morgan fingerprint density at radius 1 is 0.508 bits per heavy atom. The fourth-order valence-electron chi connectivity index (χ4n) is 18.9. The smallest absolute Gasteiger partial charge is 0.478 e. The number of esters is 1. The van der Waals surface area contributed by atoms with E-state index in [1.807, 2.05) is 170 Å². The number of ether oxygens (including phenoxy) is 1. The molecular weight excluding hydrogens is 1640 g/mol. The second-order valence-electron chi connectivity index (χ2n) is 35.0. The minimum Gasteiger partial charge on any atom is -0.478 e.